The van der Waals surface area contributed by atoms with Crippen LogP contribution in [0.4, 0.5) is 0 Å². The minimum atomic E-state index is -0.887. The third kappa shape index (κ3) is 3.92. The van der Waals surface area contributed by atoms with Crippen LogP contribution < -0.4 is 15.0 Å². The molecule has 0 spiro atoms. The summed E-state index contributed by atoms with van der Waals surface area (Å²) in [6.07, 6.45) is 2.48. The van der Waals surface area contributed by atoms with Gasteiger partial charge in [-0.05, 0) is 43.2 Å². The number of benzene rings is 2. The van der Waals surface area contributed by atoms with Gasteiger partial charge in [0.25, 0.3) is 5.56 Å². The van der Waals surface area contributed by atoms with Crippen molar-refractivity contribution in [3.05, 3.63) is 81.9 Å². The van der Waals surface area contributed by atoms with Gasteiger partial charge in [-0.15, -0.1) is 0 Å². The molecular formula is C24H25N3O4. The van der Waals surface area contributed by atoms with Crippen LogP contribution in [0.15, 0.2) is 59.7 Å². The van der Waals surface area contributed by atoms with Gasteiger partial charge in [0.1, 0.15) is 5.52 Å². The van der Waals surface area contributed by atoms with Crippen molar-refractivity contribution in [2.75, 3.05) is 14.2 Å². The number of rotatable bonds is 6. The summed E-state index contributed by atoms with van der Waals surface area (Å²) in [4.78, 5) is 13.0. The number of aliphatic hydroxyl groups is 1. The third-order valence-electron chi connectivity index (χ3n) is 5.42. The van der Waals surface area contributed by atoms with Crippen molar-refractivity contribution < 1.29 is 14.6 Å². The summed E-state index contributed by atoms with van der Waals surface area (Å²) in [5, 5.41) is 15.3. The summed E-state index contributed by atoms with van der Waals surface area (Å²) in [6, 6.07) is 13.1. The van der Waals surface area contributed by atoms with Crippen molar-refractivity contribution in [2.45, 2.75) is 26.5 Å². The summed E-state index contributed by atoms with van der Waals surface area (Å²) < 4.78 is 13.6. The number of aryl methyl sites for hydroxylation is 2. The van der Waals surface area contributed by atoms with Gasteiger partial charge in [-0.1, -0.05) is 29.8 Å². The predicted molar refractivity (Wildman–Crippen MR) is 119 cm³/mol. The number of hydrogen-bond acceptors (Lipinski definition) is 5. The molecule has 0 saturated heterocycles. The van der Waals surface area contributed by atoms with Gasteiger partial charge in [-0.2, -0.15) is 5.10 Å². The summed E-state index contributed by atoms with van der Waals surface area (Å²) >= 11 is 0. The van der Waals surface area contributed by atoms with Crippen molar-refractivity contribution in [3.63, 3.8) is 0 Å². The molecular weight excluding hydrogens is 394 g/mol. The highest BCUT2D eigenvalue weighted by Crippen LogP contribution is 2.30. The molecule has 0 aliphatic rings. The van der Waals surface area contributed by atoms with E-state index >= 15 is 0 Å². The Labute approximate surface area is 180 Å². The zero-order valence-corrected chi connectivity index (χ0v) is 18.0. The Kier molecular flexibility index (Phi) is 5.52. The minimum Gasteiger partial charge on any atom is -0.493 e. The van der Waals surface area contributed by atoms with Crippen LogP contribution in [0, 0.1) is 13.8 Å². The Balaban J connectivity index is 1.66. The Morgan fingerprint density at radius 2 is 1.77 bits per heavy atom. The first-order valence-electron chi connectivity index (χ1n) is 9.97. The molecule has 7 nitrogen and oxygen atoms in total. The average Bonchev–Trinajstić information content (AvgIpc) is 3.20. The predicted octanol–water partition coefficient (Wildman–Crippen LogP) is 3.53. The first kappa shape index (κ1) is 20.7. The second kappa shape index (κ2) is 8.28. The molecule has 0 aliphatic carbocycles. The van der Waals surface area contributed by atoms with Crippen molar-refractivity contribution in [1.82, 2.24) is 14.2 Å². The molecule has 4 rings (SSSR count). The highest BCUT2D eigenvalue weighted by atomic mass is 16.5. The van der Waals surface area contributed by atoms with Crippen LogP contribution in [0.25, 0.3) is 16.8 Å². The van der Waals surface area contributed by atoms with Crippen LogP contribution >= 0.6 is 0 Å². The number of ether oxygens (including phenoxy) is 2. The maximum Gasteiger partial charge on any atom is 0.276 e. The first-order valence-corrected chi connectivity index (χ1v) is 9.97. The molecule has 0 bridgehead atoms. The fourth-order valence-electron chi connectivity index (χ4n) is 3.75. The van der Waals surface area contributed by atoms with Gasteiger partial charge < -0.3 is 19.1 Å². The second-order valence-electron chi connectivity index (χ2n) is 7.56. The van der Waals surface area contributed by atoms with E-state index in [9.17, 15) is 9.90 Å². The lowest BCUT2D eigenvalue weighted by molar-refractivity contribution is 0.154. The molecule has 1 atom stereocenters. The molecule has 0 radical (unpaired) electrons. The second-order valence-corrected chi connectivity index (χ2v) is 7.56. The molecule has 1 N–H and O–H groups in total. The Morgan fingerprint density at radius 3 is 2.48 bits per heavy atom. The topological polar surface area (TPSA) is 78.0 Å². The summed E-state index contributed by atoms with van der Waals surface area (Å²) in [6.45, 7) is 4.18. The van der Waals surface area contributed by atoms with E-state index in [1.807, 2.05) is 26.0 Å². The normalized spacial score (nSPS) is 12.2. The Morgan fingerprint density at radius 1 is 1.00 bits per heavy atom. The first-order chi connectivity index (χ1) is 14.9. The molecule has 160 valence electrons. The molecule has 0 amide bonds. The van der Waals surface area contributed by atoms with Crippen molar-refractivity contribution in [1.29, 1.82) is 0 Å². The summed E-state index contributed by atoms with van der Waals surface area (Å²) in [5.74, 6) is 1.10. The van der Waals surface area contributed by atoms with Gasteiger partial charge in [0.2, 0.25) is 0 Å². The van der Waals surface area contributed by atoms with E-state index in [0.29, 0.717) is 22.6 Å². The molecule has 2 aromatic carbocycles. The molecule has 31 heavy (non-hydrogen) atoms. The van der Waals surface area contributed by atoms with Crippen LogP contribution in [0.2, 0.25) is 0 Å². The minimum absolute atomic E-state index is 0.106. The van der Waals surface area contributed by atoms with Gasteiger partial charge in [-0.3, -0.25) is 4.79 Å². The van der Waals surface area contributed by atoms with E-state index < -0.39 is 6.10 Å². The Bertz CT molecular complexity index is 1310. The fourth-order valence-corrected chi connectivity index (χ4v) is 3.75. The fraction of sp³-hybridized carbons (Fsp3) is 0.250. The molecule has 1 unspecified atom stereocenters. The van der Waals surface area contributed by atoms with E-state index in [4.69, 9.17) is 9.47 Å². The smallest absolute Gasteiger partial charge is 0.276 e. The summed E-state index contributed by atoms with van der Waals surface area (Å²) in [5.41, 5.74) is 4.89. The highest BCUT2D eigenvalue weighted by molar-refractivity contribution is 5.68. The van der Waals surface area contributed by atoms with Gasteiger partial charge in [0, 0.05) is 18.0 Å². The van der Waals surface area contributed by atoms with Gasteiger partial charge in [-0.25, -0.2) is 4.52 Å². The zero-order chi connectivity index (χ0) is 22.1. The van der Waals surface area contributed by atoms with Gasteiger partial charge >= 0.3 is 0 Å². The zero-order valence-electron chi connectivity index (χ0n) is 18.0. The quantitative estimate of drug-likeness (QED) is 0.517. The molecule has 7 heteroatoms. The monoisotopic (exact) mass is 419 g/mol. The van der Waals surface area contributed by atoms with Gasteiger partial charge in [0.15, 0.2) is 11.5 Å². The SMILES string of the molecule is COc1ccc(C(O)Cn2ccn3nc(-c4ccc(C)cc4C)cc3c2=O)cc1OC. The van der Waals surface area contributed by atoms with Crippen LogP contribution in [-0.4, -0.2) is 33.5 Å². The maximum absolute atomic E-state index is 13.0. The molecule has 0 fully saturated rings. The Hall–Kier alpha value is -3.58. The standard InChI is InChI=1S/C24H25N3O4/c1-15-5-7-18(16(2)11-15)19-13-20-24(29)26(9-10-27(20)25-19)14-21(28)17-6-8-22(30-3)23(12-17)31-4/h5-13,21,28H,14H2,1-4H3. The number of fused-ring (bicyclic) bond motifs is 1. The van der Waals surface area contributed by atoms with Crippen molar-refractivity contribution >= 4 is 5.52 Å². The van der Waals surface area contributed by atoms with Crippen LogP contribution in [0.5, 0.6) is 11.5 Å². The van der Waals surface area contributed by atoms with E-state index in [-0.39, 0.29) is 12.1 Å². The van der Waals surface area contributed by atoms with Crippen LogP contribution in [-0.2, 0) is 6.54 Å². The number of hydrogen-bond donors (Lipinski definition) is 1. The molecule has 2 aromatic heterocycles. The maximum atomic E-state index is 13.0. The lowest BCUT2D eigenvalue weighted by Crippen LogP contribution is -2.24. The number of aromatic nitrogens is 3. The highest BCUT2D eigenvalue weighted by Gasteiger charge is 2.15. The molecule has 0 aliphatic heterocycles. The van der Waals surface area contributed by atoms with Crippen LogP contribution in [0.3, 0.4) is 0 Å². The van der Waals surface area contributed by atoms with E-state index in [1.54, 1.807) is 55.4 Å². The lowest BCUT2D eigenvalue weighted by atomic mass is 10.0. The summed E-state index contributed by atoms with van der Waals surface area (Å²) in [7, 11) is 3.10. The average molecular weight is 419 g/mol. The van der Waals surface area contributed by atoms with E-state index in [1.165, 1.54) is 10.1 Å². The van der Waals surface area contributed by atoms with Gasteiger partial charge in [0.05, 0.1) is 32.6 Å². The number of methoxy groups -OCH3 is 2. The number of nitrogens with zero attached hydrogens (tertiary/aromatic N) is 3. The van der Waals surface area contributed by atoms with E-state index in [2.05, 4.69) is 11.2 Å². The van der Waals surface area contributed by atoms with Crippen molar-refractivity contribution in [2.24, 2.45) is 0 Å². The molecule has 4 aromatic rings. The van der Waals surface area contributed by atoms with Crippen LogP contribution in [0.1, 0.15) is 22.8 Å². The van der Waals surface area contributed by atoms with E-state index in [0.717, 1.165) is 16.8 Å². The van der Waals surface area contributed by atoms with Crippen molar-refractivity contribution in [3.8, 4) is 22.8 Å². The lowest BCUT2D eigenvalue weighted by Gasteiger charge is -2.15. The largest absolute Gasteiger partial charge is 0.493 e. The molecule has 2 heterocycles. The third-order valence-corrected chi connectivity index (χ3v) is 5.42. The molecule has 0 saturated carbocycles. The number of aliphatic hydroxyl groups excluding tert-OH is 1.